The first-order valence-electron chi connectivity index (χ1n) is 5.80. The zero-order chi connectivity index (χ0) is 12.5. The largest absolute Gasteiger partial charge is 0.369 e. The van der Waals surface area contributed by atoms with Crippen molar-refractivity contribution in [1.82, 2.24) is 9.80 Å². The molecular weight excluding hydrogens is 204 g/mol. The molecule has 2 atom stereocenters. The minimum Gasteiger partial charge on any atom is -0.369 e. The number of methoxy groups -OCH3 is 1. The van der Waals surface area contributed by atoms with E-state index in [0.29, 0.717) is 12.0 Å². The van der Waals surface area contributed by atoms with Crippen LogP contribution in [0.3, 0.4) is 0 Å². The van der Waals surface area contributed by atoms with Crippen LogP contribution in [0, 0.1) is 5.92 Å². The number of hydrogen-bond acceptors (Lipinski definition) is 3. The summed E-state index contributed by atoms with van der Waals surface area (Å²) in [6.45, 7) is 7.47. The first-order valence-corrected chi connectivity index (χ1v) is 5.80. The minimum atomic E-state index is -0.707. The summed E-state index contributed by atoms with van der Waals surface area (Å²) in [5.74, 6) is 0.609. The molecule has 2 unspecified atom stereocenters. The third kappa shape index (κ3) is 2.55. The van der Waals surface area contributed by atoms with Crippen molar-refractivity contribution in [3.63, 3.8) is 0 Å². The second-order valence-corrected chi connectivity index (χ2v) is 5.43. The molecule has 1 heterocycles. The fraction of sp³-hybridized carbons (Fsp3) is 0.917. The van der Waals surface area contributed by atoms with Crippen LogP contribution in [0.1, 0.15) is 20.8 Å². The van der Waals surface area contributed by atoms with Gasteiger partial charge in [0.1, 0.15) is 5.60 Å². The van der Waals surface area contributed by atoms with Crippen molar-refractivity contribution in [3.8, 4) is 0 Å². The molecule has 0 N–H and O–H groups in total. The molecule has 16 heavy (non-hydrogen) atoms. The Morgan fingerprint density at radius 1 is 1.38 bits per heavy atom. The predicted molar refractivity (Wildman–Crippen MR) is 64.3 cm³/mol. The van der Waals surface area contributed by atoms with Gasteiger partial charge in [-0.3, -0.25) is 4.79 Å². The summed E-state index contributed by atoms with van der Waals surface area (Å²) in [6, 6.07) is 0.455. The molecular formula is C12H24N2O2. The highest BCUT2D eigenvalue weighted by Crippen LogP contribution is 2.23. The topological polar surface area (TPSA) is 32.8 Å². The van der Waals surface area contributed by atoms with Crippen LogP contribution in [0.2, 0.25) is 0 Å². The van der Waals surface area contributed by atoms with E-state index in [1.165, 1.54) is 0 Å². The summed E-state index contributed by atoms with van der Waals surface area (Å²) in [6.07, 6.45) is 0. The number of ether oxygens (including phenoxy) is 1. The lowest BCUT2D eigenvalue weighted by Crippen LogP contribution is -2.46. The van der Waals surface area contributed by atoms with Gasteiger partial charge in [-0.15, -0.1) is 0 Å². The van der Waals surface area contributed by atoms with Gasteiger partial charge in [-0.1, -0.05) is 6.92 Å². The van der Waals surface area contributed by atoms with Gasteiger partial charge in [0.05, 0.1) is 0 Å². The number of carbonyl (C=O) groups excluding carboxylic acids is 1. The third-order valence-corrected chi connectivity index (χ3v) is 3.55. The van der Waals surface area contributed by atoms with E-state index in [9.17, 15) is 4.79 Å². The van der Waals surface area contributed by atoms with Gasteiger partial charge >= 0.3 is 0 Å². The van der Waals surface area contributed by atoms with E-state index in [1.54, 1.807) is 7.11 Å². The van der Waals surface area contributed by atoms with E-state index in [4.69, 9.17) is 4.74 Å². The molecule has 1 rings (SSSR count). The number of hydrogen-bond donors (Lipinski definition) is 0. The quantitative estimate of drug-likeness (QED) is 0.717. The third-order valence-electron chi connectivity index (χ3n) is 3.55. The van der Waals surface area contributed by atoms with E-state index in [2.05, 4.69) is 25.9 Å². The Balaban J connectivity index is 2.69. The van der Waals surface area contributed by atoms with Crippen LogP contribution in [0.5, 0.6) is 0 Å². The van der Waals surface area contributed by atoms with Crippen molar-refractivity contribution in [2.45, 2.75) is 32.4 Å². The van der Waals surface area contributed by atoms with Gasteiger partial charge in [0.25, 0.3) is 5.91 Å². The van der Waals surface area contributed by atoms with E-state index in [1.807, 2.05) is 18.7 Å². The highest BCUT2D eigenvalue weighted by atomic mass is 16.5. The zero-order valence-electron chi connectivity index (χ0n) is 11.3. The Kier molecular flexibility index (Phi) is 3.97. The Bertz CT molecular complexity index is 264. The molecule has 0 aromatic carbocycles. The van der Waals surface area contributed by atoms with Crippen molar-refractivity contribution in [2.24, 2.45) is 5.92 Å². The van der Waals surface area contributed by atoms with Crippen molar-refractivity contribution in [2.75, 3.05) is 34.3 Å². The molecule has 94 valence electrons. The summed E-state index contributed by atoms with van der Waals surface area (Å²) < 4.78 is 5.24. The molecule has 1 aliphatic heterocycles. The van der Waals surface area contributed by atoms with Crippen molar-refractivity contribution in [1.29, 1.82) is 0 Å². The average molecular weight is 228 g/mol. The summed E-state index contributed by atoms with van der Waals surface area (Å²) in [7, 11) is 5.72. The predicted octanol–water partition coefficient (Wildman–Crippen LogP) is 0.820. The van der Waals surface area contributed by atoms with Gasteiger partial charge < -0.3 is 14.5 Å². The molecule has 4 heteroatoms. The normalized spacial score (nSPS) is 26.6. The summed E-state index contributed by atoms with van der Waals surface area (Å²) in [5.41, 5.74) is -0.707. The molecule has 1 fully saturated rings. The van der Waals surface area contributed by atoms with Crippen LogP contribution in [0.15, 0.2) is 0 Å². The average Bonchev–Trinajstić information content (AvgIpc) is 2.59. The Hall–Kier alpha value is -0.610. The van der Waals surface area contributed by atoms with Gasteiger partial charge in [-0.05, 0) is 33.9 Å². The lowest BCUT2D eigenvalue weighted by molar-refractivity contribution is -0.150. The maximum Gasteiger partial charge on any atom is 0.254 e. The molecule has 0 radical (unpaired) electrons. The number of rotatable bonds is 3. The summed E-state index contributed by atoms with van der Waals surface area (Å²) in [5, 5.41) is 0. The first kappa shape index (κ1) is 13.5. The highest BCUT2D eigenvalue weighted by molar-refractivity contribution is 5.84. The van der Waals surface area contributed by atoms with Crippen LogP contribution >= 0.6 is 0 Å². The molecule has 1 aliphatic rings. The number of likely N-dealkylation sites (N-methyl/N-ethyl adjacent to an activating group) is 1. The number of likely N-dealkylation sites (tertiary alicyclic amines) is 1. The van der Waals surface area contributed by atoms with Gasteiger partial charge in [-0.2, -0.15) is 0 Å². The second-order valence-electron chi connectivity index (χ2n) is 5.43. The van der Waals surface area contributed by atoms with Crippen LogP contribution in [-0.4, -0.2) is 61.6 Å². The minimum absolute atomic E-state index is 0.0891. The molecule has 1 amide bonds. The van der Waals surface area contributed by atoms with Crippen LogP contribution in [0.25, 0.3) is 0 Å². The Morgan fingerprint density at radius 2 is 1.94 bits per heavy atom. The second kappa shape index (κ2) is 4.72. The molecule has 0 bridgehead atoms. The monoisotopic (exact) mass is 228 g/mol. The van der Waals surface area contributed by atoms with E-state index in [-0.39, 0.29) is 5.91 Å². The molecule has 1 saturated heterocycles. The maximum atomic E-state index is 12.2. The van der Waals surface area contributed by atoms with Gasteiger partial charge in [-0.25, -0.2) is 0 Å². The van der Waals surface area contributed by atoms with Crippen LogP contribution < -0.4 is 0 Å². The lowest BCUT2D eigenvalue weighted by Gasteiger charge is -2.28. The van der Waals surface area contributed by atoms with Gasteiger partial charge in [0, 0.05) is 26.2 Å². The highest BCUT2D eigenvalue weighted by Gasteiger charge is 2.39. The Labute approximate surface area is 98.5 Å². The molecule has 4 nitrogen and oxygen atoms in total. The molecule has 0 saturated carbocycles. The molecule has 0 aromatic rings. The SMILES string of the molecule is COC(C)(C)C(=O)N1CC(C)C(N(C)C)C1. The van der Waals surface area contributed by atoms with Crippen molar-refractivity contribution >= 4 is 5.91 Å². The maximum absolute atomic E-state index is 12.2. The summed E-state index contributed by atoms with van der Waals surface area (Å²) in [4.78, 5) is 16.3. The standard InChI is InChI=1S/C12H24N2O2/c1-9-7-14(8-10(9)13(4)5)11(15)12(2,3)16-6/h9-10H,7-8H2,1-6H3. The van der Waals surface area contributed by atoms with E-state index >= 15 is 0 Å². The Morgan fingerprint density at radius 3 is 2.31 bits per heavy atom. The number of nitrogens with zero attached hydrogens (tertiary/aromatic N) is 2. The van der Waals surface area contributed by atoms with Crippen LogP contribution in [-0.2, 0) is 9.53 Å². The van der Waals surface area contributed by atoms with Gasteiger partial charge in [0.15, 0.2) is 0 Å². The molecule has 0 aromatic heterocycles. The van der Waals surface area contributed by atoms with Crippen molar-refractivity contribution < 1.29 is 9.53 Å². The fourth-order valence-electron chi connectivity index (χ4n) is 2.26. The van der Waals surface area contributed by atoms with Gasteiger partial charge in [0.2, 0.25) is 0 Å². The number of amides is 1. The zero-order valence-corrected chi connectivity index (χ0v) is 11.3. The number of carbonyl (C=O) groups is 1. The van der Waals surface area contributed by atoms with E-state index in [0.717, 1.165) is 13.1 Å². The molecule has 0 aliphatic carbocycles. The lowest BCUT2D eigenvalue weighted by atomic mass is 10.1. The molecule has 0 spiro atoms. The van der Waals surface area contributed by atoms with Crippen LogP contribution in [0.4, 0.5) is 0 Å². The fourth-order valence-corrected chi connectivity index (χ4v) is 2.26. The van der Waals surface area contributed by atoms with E-state index < -0.39 is 5.60 Å². The first-order chi connectivity index (χ1) is 7.29. The summed E-state index contributed by atoms with van der Waals surface area (Å²) >= 11 is 0. The smallest absolute Gasteiger partial charge is 0.254 e. The van der Waals surface area contributed by atoms with Crippen molar-refractivity contribution in [3.05, 3.63) is 0 Å².